The van der Waals surface area contributed by atoms with Gasteiger partial charge in [-0.05, 0) is 38.6 Å². The summed E-state index contributed by atoms with van der Waals surface area (Å²) in [5, 5.41) is 12.1. The van der Waals surface area contributed by atoms with Gasteiger partial charge >= 0.3 is 5.97 Å². The number of rotatable bonds is 8. The molecule has 0 radical (unpaired) electrons. The fourth-order valence-corrected chi connectivity index (χ4v) is 2.01. The van der Waals surface area contributed by atoms with Gasteiger partial charge in [-0.2, -0.15) is 0 Å². The van der Waals surface area contributed by atoms with E-state index in [2.05, 4.69) is 36.0 Å². The number of carbonyl (C=O) groups is 1. The second-order valence-corrected chi connectivity index (χ2v) is 4.65. The van der Waals surface area contributed by atoms with Gasteiger partial charge in [-0.15, -0.1) is 0 Å². The Morgan fingerprint density at radius 1 is 1.47 bits per heavy atom. The Morgan fingerprint density at radius 2 is 2.21 bits per heavy atom. The van der Waals surface area contributed by atoms with Gasteiger partial charge in [0.15, 0.2) is 5.69 Å². The number of pyridine rings is 1. The second kappa shape index (κ2) is 7.74. The molecule has 0 aromatic carbocycles. The molecule has 0 saturated heterocycles. The molecule has 106 valence electrons. The zero-order valence-electron chi connectivity index (χ0n) is 11.9. The summed E-state index contributed by atoms with van der Waals surface area (Å²) in [7, 11) is 0. The predicted octanol–water partition coefficient (Wildman–Crippen LogP) is 2.31. The Labute approximate surface area is 114 Å². The molecule has 0 bridgehead atoms. The first-order chi connectivity index (χ1) is 9.06. The molecule has 0 saturated carbocycles. The molecule has 1 heterocycles. The molecule has 0 unspecified atom stereocenters. The predicted molar refractivity (Wildman–Crippen MR) is 76.7 cm³/mol. The molecule has 19 heavy (non-hydrogen) atoms. The lowest BCUT2D eigenvalue weighted by Gasteiger charge is -2.24. The van der Waals surface area contributed by atoms with Crippen molar-refractivity contribution < 1.29 is 9.90 Å². The van der Waals surface area contributed by atoms with Crippen LogP contribution in [0.1, 0.15) is 37.7 Å². The van der Waals surface area contributed by atoms with Crippen LogP contribution in [-0.4, -0.2) is 46.6 Å². The van der Waals surface area contributed by atoms with Crippen molar-refractivity contribution in [2.75, 3.05) is 25.0 Å². The summed E-state index contributed by atoms with van der Waals surface area (Å²) in [4.78, 5) is 17.3. The molecular weight excluding hydrogens is 242 g/mol. The Kier molecular flexibility index (Phi) is 6.29. The normalized spacial score (nSPS) is 12.4. The minimum atomic E-state index is -1.00. The van der Waals surface area contributed by atoms with Crippen molar-refractivity contribution in [3.63, 3.8) is 0 Å². The summed E-state index contributed by atoms with van der Waals surface area (Å²) in [6.07, 6.45) is 1.13. The lowest BCUT2D eigenvalue weighted by molar-refractivity contribution is 0.0690. The van der Waals surface area contributed by atoms with Crippen LogP contribution in [0.2, 0.25) is 0 Å². The molecule has 2 N–H and O–H groups in total. The van der Waals surface area contributed by atoms with E-state index in [1.54, 1.807) is 12.1 Å². The largest absolute Gasteiger partial charge is 0.477 e. The number of carboxylic acid groups (broad SMARTS) is 1. The van der Waals surface area contributed by atoms with E-state index >= 15 is 0 Å². The van der Waals surface area contributed by atoms with Crippen molar-refractivity contribution in [2.24, 2.45) is 0 Å². The van der Waals surface area contributed by atoms with Gasteiger partial charge in [0, 0.05) is 12.6 Å². The highest BCUT2D eigenvalue weighted by Gasteiger charge is 2.10. The standard InChI is InChI=1S/C14H23N3O2/c1-4-9-17(5-2)10-11(3)15-13-8-6-7-12(16-13)14(18)19/h6-8,11H,4-5,9-10H2,1-3H3,(H,15,16)(H,18,19)/t11-/m1/s1. The van der Waals surface area contributed by atoms with Crippen LogP contribution in [0.5, 0.6) is 0 Å². The Balaban J connectivity index is 2.58. The van der Waals surface area contributed by atoms with Gasteiger partial charge in [-0.25, -0.2) is 9.78 Å². The van der Waals surface area contributed by atoms with Crippen molar-refractivity contribution >= 4 is 11.8 Å². The van der Waals surface area contributed by atoms with Crippen LogP contribution in [0.4, 0.5) is 5.82 Å². The van der Waals surface area contributed by atoms with Gasteiger partial charge in [-0.3, -0.25) is 0 Å². The van der Waals surface area contributed by atoms with Crippen LogP contribution in [-0.2, 0) is 0 Å². The summed E-state index contributed by atoms with van der Waals surface area (Å²) in [6.45, 7) is 9.40. The summed E-state index contributed by atoms with van der Waals surface area (Å²) < 4.78 is 0. The van der Waals surface area contributed by atoms with Crippen LogP contribution in [0.15, 0.2) is 18.2 Å². The molecule has 1 aromatic rings. The lowest BCUT2D eigenvalue weighted by atomic mass is 10.2. The number of aromatic nitrogens is 1. The number of hydrogen-bond acceptors (Lipinski definition) is 4. The molecule has 0 aliphatic carbocycles. The molecule has 1 atom stereocenters. The maximum atomic E-state index is 10.8. The molecule has 0 amide bonds. The average molecular weight is 265 g/mol. The summed E-state index contributed by atoms with van der Waals surface area (Å²) in [5.41, 5.74) is 0.0677. The Morgan fingerprint density at radius 3 is 2.79 bits per heavy atom. The van der Waals surface area contributed by atoms with Gasteiger partial charge in [0.25, 0.3) is 0 Å². The van der Waals surface area contributed by atoms with Crippen LogP contribution in [0, 0.1) is 0 Å². The highest BCUT2D eigenvalue weighted by Crippen LogP contribution is 2.07. The third-order valence-electron chi connectivity index (χ3n) is 2.88. The summed E-state index contributed by atoms with van der Waals surface area (Å²) in [6, 6.07) is 5.21. The van der Waals surface area contributed by atoms with E-state index in [9.17, 15) is 4.79 Å². The number of carboxylic acids is 1. The van der Waals surface area contributed by atoms with Crippen molar-refractivity contribution in [2.45, 2.75) is 33.2 Å². The van der Waals surface area contributed by atoms with Crippen LogP contribution in [0.25, 0.3) is 0 Å². The topological polar surface area (TPSA) is 65.5 Å². The monoisotopic (exact) mass is 265 g/mol. The highest BCUT2D eigenvalue weighted by molar-refractivity contribution is 5.85. The van der Waals surface area contributed by atoms with Gasteiger partial charge in [-0.1, -0.05) is 19.9 Å². The zero-order chi connectivity index (χ0) is 14.3. The first kappa shape index (κ1) is 15.4. The minimum absolute atomic E-state index is 0.0677. The van der Waals surface area contributed by atoms with E-state index in [0.717, 1.165) is 26.1 Å². The highest BCUT2D eigenvalue weighted by atomic mass is 16.4. The number of nitrogens with zero attached hydrogens (tertiary/aromatic N) is 2. The van der Waals surface area contributed by atoms with Crippen LogP contribution in [0.3, 0.4) is 0 Å². The van der Waals surface area contributed by atoms with E-state index in [0.29, 0.717) is 5.82 Å². The summed E-state index contributed by atoms with van der Waals surface area (Å²) >= 11 is 0. The fraction of sp³-hybridized carbons (Fsp3) is 0.571. The maximum absolute atomic E-state index is 10.8. The summed E-state index contributed by atoms with van der Waals surface area (Å²) in [5.74, 6) is -0.391. The van der Waals surface area contributed by atoms with Gasteiger partial charge in [0.05, 0.1) is 0 Å². The molecule has 5 nitrogen and oxygen atoms in total. The van der Waals surface area contributed by atoms with Crippen molar-refractivity contribution in [1.29, 1.82) is 0 Å². The first-order valence-electron chi connectivity index (χ1n) is 6.76. The molecule has 0 aliphatic heterocycles. The van der Waals surface area contributed by atoms with Crippen LogP contribution >= 0.6 is 0 Å². The maximum Gasteiger partial charge on any atom is 0.354 e. The molecule has 0 fully saturated rings. The van der Waals surface area contributed by atoms with Gasteiger partial charge in [0.2, 0.25) is 0 Å². The Bertz CT molecular complexity index is 409. The second-order valence-electron chi connectivity index (χ2n) is 4.65. The molecule has 1 rings (SSSR count). The molecular formula is C14H23N3O2. The van der Waals surface area contributed by atoms with E-state index in [1.807, 2.05) is 0 Å². The number of likely N-dealkylation sites (N-methyl/N-ethyl adjacent to an activating group) is 1. The zero-order valence-corrected chi connectivity index (χ0v) is 11.9. The third-order valence-corrected chi connectivity index (χ3v) is 2.88. The minimum Gasteiger partial charge on any atom is -0.477 e. The number of aromatic carboxylic acids is 1. The smallest absolute Gasteiger partial charge is 0.354 e. The third kappa shape index (κ3) is 5.26. The van der Waals surface area contributed by atoms with Crippen molar-refractivity contribution in [1.82, 2.24) is 9.88 Å². The fourth-order valence-electron chi connectivity index (χ4n) is 2.01. The van der Waals surface area contributed by atoms with E-state index < -0.39 is 5.97 Å². The van der Waals surface area contributed by atoms with E-state index in [4.69, 9.17) is 5.11 Å². The van der Waals surface area contributed by atoms with Crippen molar-refractivity contribution in [3.05, 3.63) is 23.9 Å². The average Bonchev–Trinajstić information content (AvgIpc) is 2.38. The van der Waals surface area contributed by atoms with Crippen molar-refractivity contribution in [3.8, 4) is 0 Å². The molecule has 1 aromatic heterocycles. The Hall–Kier alpha value is -1.62. The molecule has 0 aliphatic rings. The number of nitrogens with one attached hydrogen (secondary N) is 1. The lowest BCUT2D eigenvalue weighted by Crippen LogP contribution is -2.35. The quantitative estimate of drug-likeness (QED) is 0.755. The van der Waals surface area contributed by atoms with Gasteiger partial charge < -0.3 is 15.3 Å². The van der Waals surface area contributed by atoms with E-state index in [1.165, 1.54) is 6.07 Å². The van der Waals surface area contributed by atoms with Crippen LogP contribution < -0.4 is 5.32 Å². The number of anilines is 1. The van der Waals surface area contributed by atoms with E-state index in [-0.39, 0.29) is 11.7 Å². The number of hydrogen-bond donors (Lipinski definition) is 2. The molecule has 5 heteroatoms. The SMILES string of the molecule is CCCN(CC)C[C@@H](C)Nc1cccc(C(=O)O)n1. The molecule has 0 spiro atoms. The first-order valence-corrected chi connectivity index (χ1v) is 6.76. The van der Waals surface area contributed by atoms with Gasteiger partial charge in [0.1, 0.15) is 5.82 Å².